The highest BCUT2D eigenvalue weighted by Gasteiger charge is 2.31. The van der Waals surface area contributed by atoms with Gasteiger partial charge in [-0.25, -0.2) is 8.42 Å². The van der Waals surface area contributed by atoms with Gasteiger partial charge in [-0.2, -0.15) is 0 Å². The zero-order valence-corrected chi connectivity index (χ0v) is 25.3. The van der Waals surface area contributed by atoms with Gasteiger partial charge in [0.05, 0.1) is 11.9 Å². The van der Waals surface area contributed by atoms with Crippen molar-refractivity contribution in [3.8, 4) is 0 Å². The highest BCUT2D eigenvalue weighted by atomic mass is 35.5. The molecule has 1 fully saturated rings. The van der Waals surface area contributed by atoms with Crippen LogP contribution in [0.2, 0.25) is 10.0 Å². The van der Waals surface area contributed by atoms with Gasteiger partial charge in [0.1, 0.15) is 6.04 Å². The van der Waals surface area contributed by atoms with E-state index in [1.54, 1.807) is 35.2 Å². The van der Waals surface area contributed by atoms with Crippen molar-refractivity contribution in [2.45, 2.75) is 83.8 Å². The molecule has 10 heteroatoms. The van der Waals surface area contributed by atoms with Crippen molar-refractivity contribution in [1.29, 1.82) is 0 Å². The highest BCUT2D eigenvalue weighted by molar-refractivity contribution is 7.92. The summed E-state index contributed by atoms with van der Waals surface area (Å²) < 4.78 is 26.4. The normalized spacial score (nSPS) is 15.0. The maximum atomic E-state index is 13.7. The molecular weight excluding hydrogens is 557 g/mol. The fourth-order valence-corrected chi connectivity index (χ4v) is 6.51. The van der Waals surface area contributed by atoms with Crippen LogP contribution in [0.4, 0.5) is 5.69 Å². The monoisotopic (exact) mass is 595 g/mol. The molecule has 1 aliphatic carbocycles. The predicted octanol–water partition coefficient (Wildman–Crippen LogP) is 6.10. The Morgan fingerprint density at radius 2 is 1.64 bits per heavy atom. The maximum Gasteiger partial charge on any atom is 0.243 e. The fourth-order valence-electron chi connectivity index (χ4n) is 5.03. The Kier molecular flexibility index (Phi) is 11.5. The first kappa shape index (κ1) is 31.2. The summed E-state index contributed by atoms with van der Waals surface area (Å²) in [7, 11) is -3.55. The number of sulfonamides is 1. The molecule has 3 rings (SSSR count). The molecule has 39 heavy (non-hydrogen) atoms. The number of rotatable bonds is 12. The molecule has 2 aromatic rings. The van der Waals surface area contributed by atoms with Crippen LogP contribution in [0.1, 0.15) is 69.4 Å². The number of nitrogens with zero attached hydrogens (tertiary/aromatic N) is 2. The third-order valence-corrected chi connectivity index (χ3v) is 9.10. The maximum absolute atomic E-state index is 13.7. The Balaban J connectivity index is 1.79. The number of carbonyl (C=O) groups is 2. The third kappa shape index (κ3) is 8.85. The van der Waals surface area contributed by atoms with Crippen molar-refractivity contribution in [2.75, 3.05) is 17.1 Å². The molecule has 2 aromatic carbocycles. The summed E-state index contributed by atoms with van der Waals surface area (Å²) in [6, 6.07) is 11.8. The molecule has 0 radical (unpaired) electrons. The lowest BCUT2D eigenvalue weighted by molar-refractivity contribution is -0.141. The van der Waals surface area contributed by atoms with Crippen molar-refractivity contribution in [3.05, 3.63) is 63.6 Å². The van der Waals surface area contributed by atoms with Gasteiger partial charge in [-0.1, -0.05) is 73.2 Å². The van der Waals surface area contributed by atoms with Crippen molar-refractivity contribution in [2.24, 2.45) is 0 Å². The second kappa shape index (κ2) is 14.4. The minimum atomic E-state index is -3.55. The SMILES string of the molecule is CCC(C(=O)NC1CCCCC1)N(Cc1c(Cl)cccc1Cl)C(=O)CCCN(c1ccc(C)cc1)S(C)(=O)=O. The second-order valence-corrected chi connectivity index (χ2v) is 13.0. The van der Waals surface area contributed by atoms with Crippen molar-refractivity contribution in [3.63, 3.8) is 0 Å². The molecule has 1 atom stereocenters. The molecule has 0 spiro atoms. The molecule has 0 aliphatic heterocycles. The summed E-state index contributed by atoms with van der Waals surface area (Å²) in [6.07, 6.45) is 7.13. The van der Waals surface area contributed by atoms with E-state index in [4.69, 9.17) is 23.2 Å². The van der Waals surface area contributed by atoms with Gasteiger partial charge in [0.25, 0.3) is 0 Å². The van der Waals surface area contributed by atoms with E-state index in [0.717, 1.165) is 37.5 Å². The molecule has 2 amide bonds. The molecule has 7 nitrogen and oxygen atoms in total. The van der Waals surface area contributed by atoms with Crippen LogP contribution in [0.15, 0.2) is 42.5 Å². The molecule has 0 aromatic heterocycles. The van der Waals surface area contributed by atoms with Crippen LogP contribution >= 0.6 is 23.2 Å². The molecule has 1 aliphatic rings. The molecule has 1 unspecified atom stereocenters. The van der Waals surface area contributed by atoms with Crippen LogP contribution in [0.3, 0.4) is 0 Å². The van der Waals surface area contributed by atoms with E-state index in [1.807, 2.05) is 26.0 Å². The lowest BCUT2D eigenvalue weighted by atomic mass is 9.95. The highest BCUT2D eigenvalue weighted by Crippen LogP contribution is 2.28. The number of anilines is 1. The van der Waals surface area contributed by atoms with Gasteiger partial charge in [0.2, 0.25) is 21.8 Å². The summed E-state index contributed by atoms with van der Waals surface area (Å²) in [5.41, 5.74) is 2.15. The number of amides is 2. The molecule has 1 N–H and O–H groups in total. The summed E-state index contributed by atoms with van der Waals surface area (Å²) in [6.45, 7) is 4.03. The van der Waals surface area contributed by atoms with E-state index in [1.165, 1.54) is 10.7 Å². The number of halogens is 2. The van der Waals surface area contributed by atoms with Crippen LogP contribution in [-0.2, 0) is 26.2 Å². The number of nitrogens with one attached hydrogen (secondary N) is 1. The molecule has 0 saturated heterocycles. The first-order valence-corrected chi connectivity index (χ1v) is 16.2. The summed E-state index contributed by atoms with van der Waals surface area (Å²) in [5.74, 6) is -0.438. The van der Waals surface area contributed by atoms with Crippen LogP contribution in [0.5, 0.6) is 0 Å². The smallest absolute Gasteiger partial charge is 0.243 e. The zero-order chi connectivity index (χ0) is 28.6. The number of aryl methyl sites for hydroxylation is 1. The number of hydrogen-bond acceptors (Lipinski definition) is 4. The standard InChI is InChI=1S/C29H39Cl2N3O4S/c1-4-27(29(36)32-22-10-6-5-7-11-22)33(20-24-25(30)12-8-13-26(24)31)28(35)14-9-19-34(39(3,37)38)23-17-15-21(2)16-18-23/h8,12-13,15-18,22,27H,4-7,9-11,14,19-20H2,1-3H3,(H,32,36). The van der Waals surface area contributed by atoms with E-state index < -0.39 is 16.1 Å². The van der Waals surface area contributed by atoms with Crippen LogP contribution in [0, 0.1) is 6.92 Å². The lowest BCUT2D eigenvalue weighted by Gasteiger charge is -2.33. The van der Waals surface area contributed by atoms with Gasteiger partial charge in [0.15, 0.2) is 0 Å². The Bertz CT molecular complexity index is 1210. The Morgan fingerprint density at radius 3 is 2.21 bits per heavy atom. The topological polar surface area (TPSA) is 86.8 Å². The first-order valence-electron chi connectivity index (χ1n) is 13.6. The molecule has 0 bridgehead atoms. The largest absolute Gasteiger partial charge is 0.352 e. The first-order chi connectivity index (χ1) is 18.5. The quantitative estimate of drug-likeness (QED) is 0.321. The number of carbonyl (C=O) groups excluding carboxylic acids is 2. The second-order valence-electron chi connectivity index (χ2n) is 10.3. The van der Waals surface area contributed by atoms with Gasteiger partial charge in [0, 0.05) is 41.2 Å². The van der Waals surface area contributed by atoms with Gasteiger partial charge < -0.3 is 10.2 Å². The number of hydrogen-bond donors (Lipinski definition) is 1. The van der Waals surface area contributed by atoms with Gasteiger partial charge in [-0.3, -0.25) is 13.9 Å². The van der Waals surface area contributed by atoms with Crippen LogP contribution in [-0.4, -0.2) is 50.0 Å². The summed E-state index contributed by atoms with van der Waals surface area (Å²) >= 11 is 12.9. The minimum absolute atomic E-state index is 0.0627. The van der Waals surface area contributed by atoms with E-state index in [0.29, 0.717) is 27.7 Å². The lowest BCUT2D eigenvalue weighted by Crippen LogP contribution is -2.51. The molecule has 0 heterocycles. The van der Waals surface area contributed by atoms with Crippen molar-refractivity contribution < 1.29 is 18.0 Å². The average Bonchev–Trinajstić information content (AvgIpc) is 2.88. The number of benzene rings is 2. The average molecular weight is 597 g/mol. The Morgan fingerprint density at radius 1 is 1.03 bits per heavy atom. The van der Waals surface area contributed by atoms with E-state index in [9.17, 15) is 18.0 Å². The molecule has 214 valence electrons. The van der Waals surface area contributed by atoms with Gasteiger partial charge >= 0.3 is 0 Å². The van der Waals surface area contributed by atoms with Crippen LogP contribution in [0.25, 0.3) is 0 Å². The molecule has 1 saturated carbocycles. The Hall–Kier alpha value is -2.29. The van der Waals surface area contributed by atoms with E-state index >= 15 is 0 Å². The minimum Gasteiger partial charge on any atom is -0.352 e. The molecular formula is C29H39Cl2N3O4S. The predicted molar refractivity (Wildman–Crippen MR) is 159 cm³/mol. The van der Waals surface area contributed by atoms with Crippen molar-refractivity contribution in [1.82, 2.24) is 10.2 Å². The zero-order valence-electron chi connectivity index (χ0n) is 23.0. The fraction of sp³-hybridized carbons (Fsp3) is 0.517. The van der Waals surface area contributed by atoms with Gasteiger partial charge in [-0.15, -0.1) is 0 Å². The summed E-state index contributed by atoms with van der Waals surface area (Å²) in [5, 5.41) is 4.00. The van der Waals surface area contributed by atoms with Crippen molar-refractivity contribution >= 4 is 50.7 Å². The van der Waals surface area contributed by atoms with Gasteiger partial charge in [-0.05, 0) is 56.9 Å². The van der Waals surface area contributed by atoms with Crippen LogP contribution < -0.4 is 9.62 Å². The van der Waals surface area contributed by atoms with E-state index in [2.05, 4.69) is 5.32 Å². The Labute approximate surface area is 242 Å². The third-order valence-electron chi connectivity index (χ3n) is 7.20. The van der Waals surface area contributed by atoms with E-state index in [-0.39, 0.29) is 43.8 Å². The summed E-state index contributed by atoms with van der Waals surface area (Å²) in [4.78, 5) is 28.6.